The molecule has 0 N–H and O–H groups in total. The van der Waals surface area contributed by atoms with Crippen LogP contribution in [0.15, 0.2) is 16.6 Å². The first-order valence-electron chi connectivity index (χ1n) is 6.84. The van der Waals surface area contributed by atoms with Gasteiger partial charge < -0.3 is 0 Å². The van der Waals surface area contributed by atoms with Gasteiger partial charge in [0.15, 0.2) is 5.82 Å². The third-order valence-corrected chi connectivity index (χ3v) is 5.85. The Morgan fingerprint density at radius 3 is 2.10 bits per heavy atom. The molecule has 0 radical (unpaired) electrons. The van der Waals surface area contributed by atoms with Gasteiger partial charge in [-0.05, 0) is 33.5 Å². The topological polar surface area (TPSA) is 25.8 Å². The van der Waals surface area contributed by atoms with Gasteiger partial charge in [-0.25, -0.2) is 9.97 Å². The van der Waals surface area contributed by atoms with Crippen LogP contribution in [0.4, 0.5) is 0 Å². The van der Waals surface area contributed by atoms with E-state index in [1.807, 2.05) is 0 Å². The Balaban J connectivity index is 2.55. The molecule has 0 aromatic carbocycles. The van der Waals surface area contributed by atoms with Crippen molar-refractivity contribution in [1.29, 1.82) is 0 Å². The van der Waals surface area contributed by atoms with Crippen molar-refractivity contribution in [2.75, 3.05) is 0 Å². The van der Waals surface area contributed by atoms with E-state index in [1.54, 1.807) is 11.3 Å². The molecule has 0 aliphatic rings. The van der Waals surface area contributed by atoms with Gasteiger partial charge in [-0.3, -0.25) is 0 Å². The molecule has 0 saturated carbocycles. The lowest BCUT2D eigenvalue weighted by molar-refractivity contribution is 0.564. The third-order valence-electron chi connectivity index (χ3n) is 3.09. The maximum atomic E-state index is 6.28. The summed E-state index contributed by atoms with van der Waals surface area (Å²) in [5, 5.41) is 0.468. The van der Waals surface area contributed by atoms with Gasteiger partial charge in [0.25, 0.3) is 0 Å². The molecule has 2 rings (SSSR count). The van der Waals surface area contributed by atoms with E-state index in [9.17, 15) is 0 Å². The van der Waals surface area contributed by atoms with E-state index in [2.05, 4.69) is 74.6 Å². The Kier molecular flexibility index (Phi) is 4.54. The van der Waals surface area contributed by atoms with Crippen LogP contribution in [0, 0.1) is 0 Å². The van der Waals surface area contributed by atoms with Crippen molar-refractivity contribution in [3.8, 4) is 10.7 Å². The molecule has 0 atom stereocenters. The van der Waals surface area contributed by atoms with Crippen LogP contribution in [0.25, 0.3) is 10.7 Å². The minimum absolute atomic E-state index is 0.0930. The summed E-state index contributed by atoms with van der Waals surface area (Å²) in [5.41, 5.74) is 0.974. The van der Waals surface area contributed by atoms with Gasteiger partial charge in [-0.1, -0.05) is 53.1 Å². The summed E-state index contributed by atoms with van der Waals surface area (Å²) < 4.78 is 0.785. The SMILES string of the molecule is CC(C)(C)c1ccc(-c2nc(Cl)c(Br)c(C(C)(C)C)n2)s1. The average molecular weight is 388 g/mol. The Morgan fingerprint density at radius 2 is 1.62 bits per heavy atom. The molecule has 0 aliphatic carbocycles. The van der Waals surface area contributed by atoms with Crippen molar-refractivity contribution in [3.05, 3.63) is 32.3 Å². The second-order valence-corrected chi connectivity index (χ2v) is 9.40. The fourth-order valence-electron chi connectivity index (χ4n) is 1.89. The predicted molar refractivity (Wildman–Crippen MR) is 95.5 cm³/mol. The molecule has 0 unspecified atom stereocenters. The van der Waals surface area contributed by atoms with Gasteiger partial charge in [0.2, 0.25) is 0 Å². The van der Waals surface area contributed by atoms with Crippen LogP contribution in [0.1, 0.15) is 52.1 Å². The quantitative estimate of drug-likeness (QED) is 0.543. The summed E-state index contributed by atoms with van der Waals surface area (Å²) in [7, 11) is 0. The monoisotopic (exact) mass is 386 g/mol. The van der Waals surface area contributed by atoms with Crippen LogP contribution in [0.5, 0.6) is 0 Å². The molecule has 0 amide bonds. The first-order chi connectivity index (χ1) is 9.50. The van der Waals surface area contributed by atoms with Crippen LogP contribution in [0.2, 0.25) is 5.15 Å². The Labute approximate surface area is 144 Å². The third kappa shape index (κ3) is 3.66. The van der Waals surface area contributed by atoms with Crippen LogP contribution < -0.4 is 0 Å². The molecular weight excluding hydrogens is 368 g/mol. The fraction of sp³-hybridized carbons (Fsp3) is 0.500. The van der Waals surface area contributed by atoms with Crippen molar-refractivity contribution >= 4 is 38.9 Å². The number of hydrogen-bond acceptors (Lipinski definition) is 3. The van der Waals surface area contributed by atoms with Gasteiger partial charge in [0, 0.05) is 10.3 Å². The Morgan fingerprint density at radius 1 is 1.00 bits per heavy atom. The molecule has 2 aromatic rings. The molecule has 2 aromatic heterocycles. The van der Waals surface area contributed by atoms with Gasteiger partial charge in [0.1, 0.15) is 5.15 Å². The highest BCUT2D eigenvalue weighted by atomic mass is 79.9. The smallest absolute Gasteiger partial charge is 0.171 e. The van der Waals surface area contributed by atoms with Crippen LogP contribution >= 0.6 is 38.9 Å². The summed E-state index contributed by atoms with van der Waals surface area (Å²) >= 11 is 11.5. The Hall–Kier alpha value is -0.450. The average Bonchev–Trinajstić information content (AvgIpc) is 2.80. The maximum absolute atomic E-state index is 6.28. The van der Waals surface area contributed by atoms with E-state index in [4.69, 9.17) is 16.6 Å². The van der Waals surface area contributed by atoms with Gasteiger partial charge in [-0.15, -0.1) is 11.3 Å². The number of aromatic nitrogens is 2. The molecule has 114 valence electrons. The number of thiophene rings is 1. The lowest BCUT2D eigenvalue weighted by Crippen LogP contribution is -2.15. The zero-order valence-electron chi connectivity index (χ0n) is 13.2. The summed E-state index contributed by atoms with van der Waals surface area (Å²) in [6.07, 6.45) is 0. The number of nitrogens with zero attached hydrogens (tertiary/aromatic N) is 2. The molecule has 5 heteroatoms. The summed E-state index contributed by atoms with van der Waals surface area (Å²) in [5.74, 6) is 0.702. The van der Waals surface area contributed by atoms with Crippen LogP contribution in [-0.4, -0.2) is 9.97 Å². The predicted octanol–water partition coefficient (Wildman–Crippen LogP) is 6.22. The second kappa shape index (κ2) is 5.64. The lowest BCUT2D eigenvalue weighted by atomic mass is 9.92. The van der Waals surface area contributed by atoms with E-state index in [0.29, 0.717) is 11.0 Å². The van der Waals surface area contributed by atoms with E-state index in [-0.39, 0.29) is 10.8 Å². The van der Waals surface area contributed by atoms with Gasteiger partial charge in [0.05, 0.1) is 15.0 Å². The Bertz CT molecular complexity index is 666. The summed E-state index contributed by atoms with van der Waals surface area (Å²) in [6.45, 7) is 13.0. The van der Waals surface area contributed by atoms with Gasteiger partial charge in [-0.2, -0.15) is 0 Å². The van der Waals surface area contributed by atoms with E-state index >= 15 is 0 Å². The molecule has 0 spiro atoms. The zero-order valence-corrected chi connectivity index (χ0v) is 16.4. The summed E-state index contributed by atoms with van der Waals surface area (Å²) in [6, 6.07) is 4.23. The highest BCUT2D eigenvalue weighted by Gasteiger charge is 2.24. The van der Waals surface area contributed by atoms with E-state index in [0.717, 1.165) is 15.0 Å². The minimum atomic E-state index is -0.0930. The van der Waals surface area contributed by atoms with Crippen molar-refractivity contribution in [1.82, 2.24) is 9.97 Å². The summed E-state index contributed by atoms with van der Waals surface area (Å²) in [4.78, 5) is 11.5. The number of hydrogen-bond donors (Lipinski definition) is 0. The molecule has 0 bridgehead atoms. The van der Waals surface area contributed by atoms with Crippen molar-refractivity contribution in [2.24, 2.45) is 0 Å². The molecule has 21 heavy (non-hydrogen) atoms. The maximum Gasteiger partial charge on any atom is 0.171 e. The highest BCUT2D eigenvalue weighted by molar-refractivity contribution is 9.10. The van der Waals surface area contributed by atoms with Crippen molar-refractivity contribution in [3.63, 3.8) is 0 Å². The van der Waals surface area contributed by atoms with Crippen molar-refractivity contribution < 1.29 is 0 Å². The standard InChI is InChI=1S/C16H20BrClN2S/c1-15(2,3)10-8-7-9(21-10)14-19-12(16(4,5)6)11(17)13(18)20-14/h7-8H,1-6H3. The fourth-order valence-corrected chi connectivity index (χ4v) is 3.83. The van der Waals surface area contributed by atoms with Crippen molar-refractivity contribution in [2.45, 2.75) is 52.4 Å². The molecule has 0 aliphatic heterocycles. The van der Waals surface area contributed by atoms with E-state index < -0.39 is 0 Å². The second-order valence-electron chi connectivity index (χ2n) is 7.16. The number of rotatable bonds is 1. The highest BCUT2D eigenvalue weighted by Crippen LogP contribution is 2.37. The largest absolute Gasteiger partial charge is 0.231 e. The van der Waals surface area contributed by atoms with Crippen LogP contribution in [-0.2, 0) is 10.8 Å². The first-order valence-corrected chi connectivity index (χ1v) is 8.83. The van der Waals surface area contributed by atoms with Crippen LogP contribution in [0.3, 0.4) is 0 Å². The first kappa shape index (κ1) is 16.9. The minimum Gasteiger partial charge on any atom is -0.231 e. The van der Waals surface area contributed by atoms with Gasteiger partial charge >= 0.3 is 0 Å². The molecular formula is C16H20BrClN2S. The normalized spacial score (nSPS) is 12.8. The van der Waals surface area contributed by atoms with E-state index in [1.165, 1.54) is 4.88 Å². The lowest BCUT2D eigenvalue weighted by Gasteiger charge is -2.20. The molecule has 0 fully saturated rings. The molecule has 0 saturated heterocycles. The number of halogens is 2. The molecule has 2 heterocycles. The zero-order chi connectivity index (χ0) is 16.0. The molecule has 2 nitrogen and oxygen atoms in total.